The molecule has 7 nitrogen and oxygen atoms in total. The molecular weight excluding hydrogens is 410 g/mol. The van der Waals surface area contributed by atoms with Crippen LogP contribution < -0.4 is 4.72 Å². The van der Waals surface area contributed by atoms with Gasteiger partial charge in [-0.1, -0.05) is 17.7 Å². The van der Waals surface area contributed by atoms with Gasteiger partial charge in [0.05, 0.1) is 17.2 Å². The second kappa shape index (κ2) is 8.14. The average Bonchev–Trinajstić information content (AvgIpc) is 2.95. The predicted octanol–water partition coefficient (Wildman–Crippen LogP) is 2.62. The second-order valence-electron chi connectivity index (χ2n) is 6.17. The van der Waals surface area contributed by atoms with E-state index in [-0.39, 0.29) is 17.4 Å². The number of morpholine rings is 1. The van der Waals surface area contributed by atoms with Gasteiger partial charge in [-0.15, -0.1) is 11.3 Å². The van der Waals surface area contributed by atoms with Gasteiger partial charge in [0, 0.05) is 29.4 Å². The van der Waals surface area contributed by atoms with Gasteiger partial charge in [0.25, 0.3) is 10.0 Å². The van der Waals surface area contributed by atoms with Gasteiger partial charge in [-0.3, -0.25) is 9.52 Å². The van der Waals surface area contributed by atoms with Gasteiger partial charge in [0.1, 0.15) is 6.61 Å². The van der Waals surface area contributed by atoms with Crippen molar-refractivity contribution in [3.8, 4) is 0 Å². The van der Waals surface area contributed by atoms with Gasteiger partial charge in [-0.2, -0.15) is 0 Å². The zero-order chi connectivity index (χ0) is 19.6. The Morgan fingerprint density at radius 2 is 2.15 bits per heavy atom. The Labute approximate surface area is 167 Å². The Morgan fingerprint density at radius 3 is 2.89 bits per heavy atom. The maximum absolute atomic E-state index is 12.7. The Morgan fingerprint density at radius 1 is 1.37 bits per heavy atom. The molecule has 0 aliphatic carbocycles. The Hall–Kier alpha value is -1.68. The van der Waals surface area contributed by atoms with Gasteiger partial charge in [0.2, 0.25) is 5.91 Å². The van der Waals surface area contributed by atoms with Crippen molar-refractivity contribution in [2.24, 2.45) is 0 Å². The maximum atomic E-state index is 12.7. The lowest BCUT2D eigenvalue weighted by atomic mass is 10.2. The molecule has 27 heavy (non-hydrogen) atoms. The number of halogens is 1. The summed E-state index contributed by atoms with van der Waals surface area (Å²) in [6, 6.07) is 4.76. The van der Waals surface area contributed by atoms with Crippen molar-refractivity contribution < 1.29 is 17.9 Å². The summed E-state index contributed by atoms with van der Waals surface area (Å²) in [5.74, 6) is -0.0357. The number of ether oxygens (including phenoxy) is 1. The van der Waals surface area contributed by atoms with Crippen LogP contribution in [0.15, 0.2) is 23.1 Å². The van der Waals surface area contributed by atoms with Crippen LogP contribution in [0.3, 0.4) is 0 Å². The Bertz CT molecular complexity index is 959. The molecule has 0 atom stereocenters. The van der Waals surface area contributed by atoms with E-state index in [2.05, 4.69) is 9.71 Å². The average molecular weight is 430 g/mol. The van der Waals surface area contributed by atoms with Crippen molar-refractivity contribution in [3.05, 3.63) is 39.4 Å². The second-order valence-corrected chi connectivity index (χ2v) is 9.43. The zero-order valence-corrected chi connectivity index (χ0v) is 17.4. The predicted molar refractivity (Wildman–Crippen MR) is 105 cm³/mol. The number of aryl methyl sites for hydroxylation is 1. The normalized spacial score (nSPS) is 15.2. The molecule has 1 fully saturated rings. The number of benzene rings is 1. The van der Waals surface area contributed by atoms with Crippen LogP contribution in [0.1, 0.15) is 16.1 Å². The van der Waals surface area contributed by atoms with E-state index < -0.39 is 10.0 Å². The number of sulfonamides is 1. The Kier molecular flexibility index (Phi) is 6.05. The van der Waals surface area contributed by atoms with Gasteiger partial charge >= 0.3 is 0 Å². The molecule has 3 rings (SSSR count). The Balaban J connectivity index is 1.72. The van der Waals surface area contributed by atoms with E-state index in [0.29, 0.717) is 41.8 Å². The molecule has 0 unspecified atom stereocenters. The molecule has 0 radical (unpaired) electrons. The van der Waals surface area contributed by atoms with Crippen LogP contribution in [-0.4, -0.2) is 50.5 Å². The number of amides is 1. The maximum Gasteiger partial charge on any atom is 0.263 e. The van der Waals surface area contributed by atoms with E-state index in [9.17, 15) is 13.2 Å². The molecule has 0 spiro atoms. The van der Waals surface area contributed by atoms with Gasteiger partial charge in [0.15, 0.2) is 5.13 Å². The molecule has 2 heterocycles. The lowest BCUT2D eigenvalue weighted by Crippen LogP contribution is -2.42. The molecule has 0 bridgehead atoms. The molecule has 1 saturated heterocycles. The minimum Gasteiger partial charge on any atom is -0.370 e. The number of thiazole rings is 1. The van der Waals surface area contributed by atoms with Crippen LogP contribution in [0.4, 0.5) is 5.13 Å². The van der Waals surface area contributed by atoms with Gasteiger partial charge in [-0.25, -0.2) is 13.4 Å². The monoisotopic (exact) mass is 429 g/mol. The SMILES string of the molecule is Cc1sc(NS(=O)(=O)c2cccc(Cl)c2C)nc1CCN1CCOCC1=O. The summed E-state index contributed by atoms with van der Waals surface area (Å²) in [7, 11) is -3.78. The van der Waals surface area contributed by atoms with E-state index in [4.69, 9.17) is 16.3 Å². The molecule has 1 aliphatic rings. The molecule has 1 aromatic heterocycles. The van der Waals surface area contributed by atoms with Crippen molar-refractivity contribution >= 4 is 44.0 Å². The minimum absolute atomic E-state index is 0.0357. The fourth-order valence-electron chi connectivity index (χ4n) is 2.78. The first kappa shape index (κ1) is 20.1. The molecule has 1 aliphatic heterocycles. The first-order chi connectivity index (χ1) is 12.8. The highest BCUT2D eigenvalue weighted by Crippen LogP contribution is 2.28. The molecule has 1 amide bonds. The minimum atomic E-state index is -3.78. The van der Waals surface area contributed by atoms with Crippen molar-refractivity contribution in [1.29, 1.82) is 0 Å². The summed E-state index contributed by atoms with van der Waals surface area (Å²) in [5.41, 5.74) is 1.27. The number of hydrogen-bond acceptors (Lipinski definition) is 6. The molecule has 1 N–H and O–H groups in total. The van der Waals surface area contributed by atoms with Crippen LogP contribution in [-0.2, 0) is 26.0 Å². The highest BCUT2D eigenvalue weighted by atomic mass is 35.5. The highest BCUT2D eigenvalue weighted by molar-refractivity contribution is 7.93. The van der Waals surface area contributed by atoms with Crippen LogP contribution in [0.5, 0.6) is 0 Å². The van der Waals surface area contributed by atoms with Gasteiger partial charge in [-0.05, 0) is 31.5 Å². The number of carbonyl (C=O) groups excluding carboxylic acids is 1. The highest BCUT2D eigenvalue weighted by Gasteiger charge is 2.22. The van der Waals surface area contributed by atoms with E-state index in [1.807, 2.05) is 6.92 Å². The van der Waals surface area contributed by atoms with Crippen LogP contribution >= 0.6 is 22.9 Å². The third-order valence-corrected chi connectivity index (χ3v) is 7.27. The third-order valence-electron chi connectivity index (χ3n) is 4.32. The fourth-order valence-corrected chi connectivity index (χ4v) is 5.37. The van der Waals surface area contributed by atoms with Crippen LogP contribution in [0.2, 0.25) is 5.02 Å². The summed E-state index contributed by atoms with van der Waals surface area (Å²) in [6.07, 6.45) is 0.562. The first-order valence-corrected chi connectivity index (χ1v) is 11.1. The molecule has 10 heteroatoms. The summed E-state index contributed by atoms with van der Waals surface area (Å²) in [6.45, 7) is 5.29. The van der Waals surface area contributed by atoms with E-state index >= 15 is 0 Å². The van der Waals surface area contributed by atoms with Crippen molar-refractivity contribution in [2.75, 3.05) is 31.0 Å². The molecule has 2 aromatic rings. The quantitative estimate of drug-likeness (QED) is 0.762. The molecule has 146 valence electrons. The van der Waals surface area contributed by atoms with Crippen molar-refractivity contribution in [3.63, 3.8) is 0 Å². The number of anilines is 1. The molecule has 0 saturated carbocycles. The number of nitrogens with zero attached hydrogens (tertiary/aromatic N) is 2. The van der Waals surface area contributed by atoms with E-state index in [0.717, 1.165) is 10.6 Å². The van der Waals surface area contributed by atoms with E-state index in [1.165, 1.54) is 17.4 Å². The van der Waals surface area contributed by atoms with Crippen LogP contribution in [0, 0.1) is 13.8 Å². The molecular formula is C17H20ClN3O4S2. The number of nitrogens with one attached hydrogen (secondary N) is 1. The summed E-state index contributed by atoms with van der Waals surface area (Å²) in [4.78, 5) is 19.0. The lowest BCUT2D eigenvalue weighted by Gasteiger charge is -2.26. The lowest BCUT2D eigenvalue weighted by molar-refractivity contribution is -0.142. The number of aromatic nitrogens is 1. The number of hydrogen-bond donors (Lipinski definition) is 1. The smallest absolute Gasteiger partial charge is 0.263 e. The van der Waals surface area contributed by atoms with Crippen molar-refractivity contribution in [1.82, 2.24) is 9.88 Å². The third kappa shape index (κ3) is 4.60. The first-order valence-electron chi connectivity index (χ1n) is 8.37. The summed E-state index contributed by atoms with van der Waals surface area (Å²) < 4.78 is 33.0. The summed E-state index contributed by atoms with van der Waals surface area (Å²) in [5, 5.41) is 0.694. The zero-order valence-electron chi connectivity index (χ0n) is 15.0. The van der Waals surface area contributed by atoms with Crippen molar-refractivity contribution in [2.45, 2.75) is 25.2 Å². The standard InChI is InChI=1S/C17H20ClN3O4S2/c1-11-13(18)4-3-5-15(11)27(23,24)20-17-19-14(12(2)26-17)6-7-21-8-9-25-10-16(21)22/h3-5H,6-10H2,1-2H3,(H,19,20). The number of carbonyl (C=O) groups is 1. The largest absolute Gasteiger partial charge is 0.370 e. The van der Waals surface area contributed by atoms with Crippen LogP contribution in [0.25, 0.3) is 0 Å². The topological polar surface area (TPSA) is 88.6 Å². The number of rotatable bonds is 6. The van der Waals surface area contributed by atoms with E-state index in [1.54, 1.807) is 24.0 Å². The summed E-state index contributed by atoms with van der Waals surface area (Å²) >= 11 is 7.30. The fraction of sp³-hybridized carbons (Fsp3) is 0.412. The van der Waals surface area contributed by atoms with Gasteiger partial charge < -0.3 is 9.64 Å². The molecule has 1 aromatic carbocycles.